The van der Waals surface area contributed by atoms with Crippen LogP contribution in [-0.4, -0.2) is 28.6 Å². The lowest BCUT2D eigenvalue weighted by atomic mass is 10.2. The van der Waals surface area contributed by atoms with Crippen molar-refractivity contribution >= 4 is 10.0 Å². The summed E-state index contributed by atoms with van der Waals surface area (Å²) < 4.78 is 32.5. The first-order valence-electron chi connectivity index (χ1n) is 7.44. The van der Waals surface area contributed by atoms with E-state index in [1.54, 1.807) is 25.3 Å². The van der Waals surface area contributed by atoms with Gasteiger partial charge in [0.05, 0.1) is 12.0 Å². The zero-order valence-corrected chi connectivity index (χ0v) is 13.5. The maximum atomic E-state index is 12.3. The van der Waals surface area contributed by atoms with Crippen LogP contribution in [-0.2, 0) is 16.6 Å². The van der Waals surface area contributed by atoms with Gasteiger partial charge in [0.15, 0.2) is 0 Å². The summed E-state index contributed by atoms with van der Waals surface area (Å²) in [7, 11) is -1.84. The molecule has 2 N–H and O–H groups in total. The van der Waals surface area contributed by atoms with Gasteiger partial charge in [0.25, 0.3) is 0 Å². The minimum Gasteiger partial charge on any atom is -0.496 e. The third-order valence-electron chi connectivity index (χ3n) is 3.67. The molecule has 0 aliphatic heterocycles. The van der Waals surface area contributed by atoms with E-state index in [9.17, 15) is 8.42 Å². The van der Waals surface area contributed by atoms with Crippen molar-refractivity contribution in [1.29, 1.82) is 0 Å². The van der Waals surface area contributed by atoms with Crippen LogP contribution in [0.25, 0.3) is 0 Å². The SMILES string of the molecule is CCNCc1cc(S(=O)(=O)NCCC2CC2)ccc1OC. The molecule has 1 aromatic carbocycles. The highest BCUT2D eigenvalue weighted by Gasteiger charge is 2.22. The van der Waals surface area contributed by atoms with E-state index in [4.69, 9.17) is 4.74 Å². The van der Waals surface area contributed by atoms with Crippen LogP contribution in [0.5, 0.6) is 5.75 Å². The van der Waals surface area contributed by atoms with Gasteiger partial charge in [-0.15, -0.1) is 0 Å². The van der Waals surface area contributed by atoms with Crippen LogP contribution >= 0.6 is 0 Å². The predicted molar refractivity (Wildman–Crippen MR) is 82.9 cm³/mol. The Labute approximate surface area is 127 Å². The molecule has 0 aromatic heterocycles. The summed E-state index contributed by atoms with van der Waals surface area (Å²) in [5, 5.41) is 3.19. The van der Waals surface area contributed by atoms with Gasteiger partial charge in [0.2, 0.25) is 10.0 Å². The molecule has 1 aromatic rings. The van der Waals surface area contributed by atoms with Crippen molar-refractivity contribution in [1.82, 2.24) is 10.0 Å². The monoisotopic (exact) mass is 312 g/mol. The average Bonchev–Trinajstić information content (AvgIpc) is 3.28. The Kier molecular flexibility index (Phi) is 5.61. The highest BCUT2D eigenvalue weighted by Crippen LogP contribution is 2.32. The first-order valence-corrected chi connectivity index (χ1v) is 8.92. The summed E-state index contributed by atoms with van der Waals surface area (Å²) in [5.41, 5.74) is 0.851. The third-order valence-corrected chi connectivity index (χ3v) is 5.13. The minimum atomic E-state index is -3.43. The second-order valence-electron chi connectivity index (χ2n) is 5.38. The fourth-order valence-corrected chi connectivity index (χ4v) is 3.31. The van der Waals surface area contributed by atoms with E-state index in [1.807, 2.05) is 6.92 Å². The number of benzene rings is 1. The Morgan fingerprint density at radius 1 is 1.33 bits per heavy atom. The molecule has 0 amide bonds. The Morgan fingerprint density at radius 2 is 2.10 bits per heavy atom. The van der Waals surface area contributed by atoms with Gasteiger partial charge in [-0.3, -0.25) is 0 Å². The lowest BCUT2D eigenvalue weighted by Crippen LogP contribution is -2.25. The van der Waals surface area contributed by atoms with Crippen LogP contribution in [0.4, 0.5) is 0 Å². The second kappa shape index (κ2) is 7.24. The average molecular weight is 312 g/mol. The Hall–Kier alpha value is -1.11. The maximum Gasteiger partial charge on any atom is 0.240 e. The largest absolute Gasteiger partial charge is 0.496 e. The van der Waals surface area contributed by atoms with Gasteiger partial charge in [0.1, 0.15) is 5.75 Å². The number of hydrogen-bond acceptors (Lipinski definition) is 4. The van der Waals surface area contributed by atoms with Gasteiger partial charge >= 0.3 is 0 Å². The Balaban J connectivity index is 2.09. The van der Waals surface area contributed by atoms with Crippen molar-refractivity contribution in [2.24, 2.45) is 5.92 Å². The number of methoxy groups -OCH3 is 1. The molecule has 2 rings (SSSR count). The third kappa shape index (κ3) is 4.69. The standard InChI is InChI=1S/C15H24N2O3S/c1-3-16-11-13-10-14(6-7-15(13)20-2)21(18,19)17-9-8-12-4-5-12/h6-7,10,12,16-17H,3-5,8-9,11H2,1-2H3. The van der Waals surface area contributed by atoms with Gasteiger partial charge in [0, 0.05) is 18.7 Å². The fourth-order valence-electron chi connectivity index (χ4n) is 2.21. The van der Waals surface area contributed by atoms with Gasteiger partial charge in [-0.2, -0.15) is 0 Å². The molecule has 0 saturated heterocycles. The second-order valence-corrected chi connectivity index (χ2v) is 7.15. The molecule has 118 valence electrons. The number of hydrogen-bond donors (Lipinski definition) is 2. The fraction of sp³-hybridized carbons (Fsp3) is 0.600. The van der Waals surface area contributed by atoms with E-state index < -0.39 is 10.0 Å². The zero-order chi connectivity index (χ0) is 15.3. The molecule has 1 aliphatic rings. The molecule has 0 bridgehead atoms. The normalized spacial score (nSPS) is 15.1. The molecule has 1 saturated carbocycles. The molecular weight excluding hydrogens is 288 g/mol. The highest BCUT2D eigenvalue weighted by atomic mass is 32.2. The van der Waals surface area contributed by atoms with Crippen molar-refractivity contribution in [3.8, 4) is 5.75 Å². The number of sulfonamides is 1. The van der Waals surface area contributed by atoms with Crippen LogP contribution in [0.15, 0.2) is 23.1 Å². The van der Waals surface area contributed by atoms with Crippen LogP contribution < -0.4 is 14.8 Å². The molecule has 1 aliphatic carbocycles. The summed E-state index contributed by atoms with van der Waals surface area (Å²) in [4.78, 5) is 0.298. The van der Waals surface area contributed by atoms with Crippen LogP contribution in [0.3, 0.4) is 0 Å². The van der Waals surface area contributed by atoms with E-state index in [0.717, 1.165) is 18.5 Å². The van der Waals surface area contributed by atoms with Crippen molar-refractivity contribution in [3.05, 3.63) is 23.8 Å². The molecule has 0 spiro atoms. The predicted octanol–water partition coefficient (Wildman–Crippen LogP) is 1.88. The quantitative estimate of drug-likeness (QED) is 0.730. The van der Waals surface area contributed by atoms with E-state index in [1.165, 1.54) is 12.8 Å². The Bertz CT molecular complexity index is 568. The molecule has 5 nitrogen and oxygen atoms in total. The molecular formula is C15H24N2O3S. The molecule has 0 radical (unpaired) electrons. The van der Waals surface area contributed by atoms with Gasteiger partial charge in [-0.25, -0.2) is 13.1 Å². The van der Waals surface area contributed by atoms with Gasteiger partial charge in [-0.05, 0) is 37.1 Å². The lowest BCUT2D eigenvalue weighted by molar-refractivity contribution is 0.407. The van der Waals surface area contributed by atoms with E-state index >= 15 is 0 Å². The molecule has 0 unspecified atom stereocenters. The first kappa shape index (κ1) is 16.3. The number of ether oxygens (including phenoxy) is 1. The summed E-state index contributed by atoms with van der Waals surface area (Å²) >= 11 is 0. The number of rotatable bonds is 9. The lowest BCUT2D eigenvalue weighted by Gasteiger charge is -2.12. The number of nitrogens with one attached hydrogen (secondary N) is 2. The summed E-state index contributed by atoms with van der Waals surface area (Å²) in [6.07, 6.45) is 3.40. The highest BCUT2D eigenvalue weighted by molar-refractivity contribution is 7.89. The van der Waals surface area contributed by atoms with Crippen LogP contribution in [0.2, 0.25) is 0 Å². The van der Waals surface area contributed by atoms with Crippen LogP contribution in [0, 0.1) is 5.92 Å². The Morgan fingerprint density at radius 3 is 2.71 bits per heavy atom. The van der Waals surface area contributed by atoms with Crippen molar-refractivity contribution < 1.29 is 13.2 Å². The molecule has 6 heteroatoms. The summed E-state index contributed by atoms with van der Waals surface area (Å²) in [6, 6.07) is 4.98. The van der Waals surface area contributed by atoms with E-state index in [2.05, 4.69) is 10.0 Å². The topological polar surface area (TPSA) is 67.4 Å². The minimum absolute atomic E-state index is 0.298. The smallest absolute Gasteiger partial charge is 0.240 e. The molecule has 0 heterocycles. The zero-order valence-electron chi connectivity index (χ0n) is 12.7. The van der Waals surface area contributed by atoms with Crippen molar-refractivity contribution in [2.45, 2.75) is 37.6 Å². The van der Waals surface area contributed by atoms with E-state index in [-0.39, 0.29) is 0 Å². The summed E-state index contributed by atoms with van der Waals surface area (Å²) in [6.45, 7) is 3.93. The van der Waals surface area contributed by atoms with Gasteiger partial charge in [-0.1, -0.05) is 19.8 Å². The van der Waals surface area contributed by atoms with Gasteiger partial charge < -0.3 is 10.1 Å². The maximum absolute atomic E-state index is 12.3. The summed E-state index contributed by atoms with van der Waals surface area (Å²) in [5.74, 6) is 1.42. The first-order chi connectivity index (χ1) is 10.1. The molecule has 21 heavy (non-hydrogen) atoms. The van der Waals surface area contributed by atoms with Crippen LogP contribution in [0.1, 0.15) is 31.7 Å². The van der Waals surface area contributed by atoms with E-state index in [0.29, 0.717) is 29.7 Å². The van der Waals surface area contributed by atoms with Crippen molar-refractivity contribution in [3.63, 3.8) is 0 Å². The van der Waals surface area contributed by atoms with Crippen molar-refractivity contribution in [2.75, 3.05) is 20.2 Å². The molecule has 1 fully saturated rings. The molecule has 0 atom stereocenters.